The molecule has 0 radical (unpaired) electrons. The zero-order valence-corrected chi connectivity index (χ0v) is 12.3. The molecule has 3 N–H and O–H groups in total. The minimum Gasteiger partial charge on any atom is -0.324 e. The minimum absolute atomic E-state index is 0.244. The largest absolute Gasteiger partial charge is 0.324 e. The Labute approximate surface area is 122 Å². The van der Waals surface area contributed by atoms with Crippen LogP contribution in [0, 0.1) is 0 Å². The molecule has 0 saturated carbocycles. The Morgan fingerprint density at radius 2 is 2.22 bits per heavy atom. The van der Waals surface area contributed by atoms with Crippen molar-refractivity contribution in [3.8, 4) is 0 Å². The first-order valence-corrected chi connectivity index (χ1v) is 7.18. The lowest BCUT2D eigenvalue weighted by Gasteiger charge is -2.11. The van der Waals surface area contributed by atoms with Crippen molar-refractivity contribution in [3.05, 3.63) is 50.1 Å². The summed E-state index contributed by atoms with van der Waals surface area (Å²) in [5, 5.41) is 5.24. The van der Waals surface area contributed by atoms with Crippen LogP contribution in [0.25, 0.3) is 0 Å². The van der Waals surface area contributed by atoms with Crippen molar-refractivity contribution >= 4 is 50.5 Å². The van der Waals surface area contributed by atoms with E-state index < -0.39 is 6.04 Å². The first-order chi connectivity index (χ1) is 8.58. The highest BCUT2D eigenvalue weighted by Crippen LogP contribution is 2.26. The number of nitrogens with one attached hydrogen (secondary N) is 1. The monoisotopic (exact) mass is 344 g/mol. The summed E-state index contributed by atoms with van der Waals surface area (Å²) in [5.41, 5.74) is 6.52. The quantitative estimate of drug-likeness (QED) is 0.889. The number of thiophene rings is 1. The van der Waals surface area contributed by atoms with Crippen LogP contribution >= 0.6 is 38.9 Å². The molecular weight excluding hydrogens is 336 g/mol. The van der Waals surface area contributed by atoms with Gasteiger partial charge in [0.1, 0.15) is 6.04 Å². The van der Waals surface area contributed by atoms with Crippen LogP contribution in [0.3, 0.4) is 0 Å². The van der Waals surface area contributed by atoms with E-state index in [1.165, 1.54) is 11.3 Å². The number of carbonyl (C=O) groups excluding carboxylic acids is 1. The van der Waals surface area contributed by atoms with E-state index in [4.69, 9.17) is 17.3 Å². The smallest absolute Gasteiger partial charge is 0.246 e. The van der Waals surface area contributed by atoms with Crippen molar-refractivity contribution in [1.29, 1.82) is 0 Å². The molecule has 0 aliphatic rings. The van der Waals surface area contributed by atoms with Crippen LogP contribution in [-0.2, 0) is 4.79 Å². The molecule has 0 saturated heterocycles. The maximum Gasteiger partial charge on any atom is 0.246 e. The Morgan fingerprint density at radius 1 is 1.44 bits per heavy atom. The normalized spacial score (nSPS) is 12.2. The molecule has 1 heterocycles. The van der Waals surface area contributed by atoms with Crippen LogP contribution in [0.4, 0.5) is 5.69 Å². The summed E-state index contributed by atoms with van der Waals surface area (Å²) in [6.45, 7) is 0. The SMILES string of the molecule is NC(C(=O)Nc1ccc(Cl)c(Br)c1)c1cccs1. The van der Waals surface area contributed by atoms with Gasteiger partial charge >= 0.3 is 0 Å². The van der Waals surface area contributed by atoms with Crippen molar-refractivity contribution in [2.75, 3.05) is 5.32 Å². The van der Waals surface area contributed by atoms with Gasteiger partial charge in [0.2, 0.25) is 5.91 Å². The predicted molar refractivity (Wildman–Crippen MR) is 79.0 cm³/mol. The number of benzene rings is 1. The van der Waals surface area contributed by atoms with Crippen molar-refractivity contribution in [2.24, 2.45) is 5.73 Å². The fraction of sp³-hybridized carbons (Fsp3) is 0.0833. The fourth-order valence-corrected chi connectivity index (χ4v) is 2.61. The molecule has 0 fully saturated rings. The Morgan fingerprint density at radius 3 is 2.83 bits per heavy atom. The summed E-state index contributed by atoms with van der Waals surface area (Å²) in [7, 11) is 0. The lowest BCUT2D eigenvalue weighted by molar-refractivity contribution is -0.117. The van der Waals surface area contributed by atoms with Crippen molar-refractivity contribution in [2.45, 2.75) is 6.04 Å². The number of hydrogen-bond acceptors (Lipinski definition) is 3. The molecule has 1 aromatic heterocycles. The molecule has 2 aromatic rings. The zero-order chi connectivity index (χ0) is 13.1. The van der Waals surface area contributed by atoms with E-state index in [1.54, 1.807) is 18.2 Å². The highest BCUT2D eigenvalue weighted by molar-refractivity contribution is 9.10. The Hall–Kier alpha value is -0.880. The second-order valence-corrected chi connectivity index (χ2v) is 5.85. The molecule has 1 amide bonds. The van der Waals surface area contributed by atoms with Gasteiger partial charge in [-0.1, -0.05) is 17.7 Å². The third-order valence-electron chi connectivity index (χ3n) is 2.32. The third-order valence-corrected chi connectivity index (χ3v) is 4.49. The van der Waals surface area contributed by atoms with E-state index in [9.17, 15) is 4.79 Å². The van der Waals surface area contributed by atoms with Gasteiger partial charge in [-0.2, -0.15) is 0 Å². The maximum atomic E-state index is 11.9. The number of amides is 1. The van der Waals surface area contributed by atoms with Gasteiger partial charge < -0.3 is 11.1 Å². The summed E-state index contributed by atoms with van der Waals surface area (Å²) < 4.78 is 0.728. The number of anilines is 1. The summed E-state index contributed by atoms with van der Waals surface area (Å²) >= 11 is 10.6. The Bertz CT molecular complexity index is 559. The first-order valence-electron chi connectivity index (χ1n) is 5.13. The van der Waals surface area contributed by atoms with E-state index in [2.05, 4.69) is 21.2 Å². The molecule has 1 atom stereocenters. The molecule has 0 aliphatic carbocycles. The van der Waals surface area contributed by atoms with E-state index in [-0.39, 0.29) is 5.91 Å². The molecule has 1 aromatic carbocycles. The van der Waals surface area contributed by atoms with Gasteiger partial charge in [0, 0.05) is 15.0 Å². The number of nitrogens with two attached hydrogens (primary N) is 1. The minimum atomic E-state index is -0.653. The lowest BCUT2D eigenvalue weighted by Crippen LogP contribution is -2.26. The van der Waals surface area contributed by atoms with Gasteiger partial charge in [0.15, 0.2) is 0 Å². The summed E-state index contributed by atoms with van der Waals surface area (Å²) in [5.74, 6) is -0.244. The molecular formula is C12H10BrClN2OS. The van der Waals surface area contributed by atoms with Crippen molar-refractivity contribution in [1.82, 2.24) is 0 Å². The van der Waals surface area contributed by atoms with E-state index in [0.717, 1.165) is 9.35 Å². The average Bonchev–Trinajstić information content (AvgIpc) is 2.86. The van der Waals surface area contributed by atoms with Gasteiger partial charge in [0.05, 0.1) is 5.02 Å². The van der Waals surface area contributed by atoms with Crippen LogP contribution in [0.15, 0.2) is 40.2 Å². The van der Waals surface area contributed by atoms with Gasteiger partial charge in [-0.25, -0.2) is 0 Å². The van der Waals surface area contributed by atoms with Crippen molar-refractivity contribution in [3.63, 3.8) is 0 Å². The Balaban J connectivity index is 2.09. The summed E-state index contributed by atoms with van der Waals surface area (Å²) in [6, 6.07) is 8.23. The number of carbonyl (C=O) groups is 1. The molecule has 0 aliphatic heterocycles. The van der Waals surface area contributed by atoms with Crippen LogP contribution < -0.4 is 11.1 Å². The van der Waals surface area contributed by atoms with E-state index >= 15 is 0 Å². The summed E-state index contributed by atoms with van der Waals surface area (Å²) in [6.07, 6.45) is 0. The molecule has 0 bridgehead atoms. The third kappa shape index (κ3) is 3.11. The molecule has 0 spiro atoms. The van der Waals surface area contributed by atoms with E-state index in [1.807, 2.05) is 17.5 Å². The van der Waals surface area contributed by atoms with Gasteiger partial charge in [0.25, 0.3) is 0 Å². The van der Waals surface area contributed by atoms with Crippen molar-refractivity contribution < 1.29 is 4.79 Å². The van der Waals surface area contributed by atoms with Crippen LogP contribution in [0.2, 0.25) is 5.02 Å². The highest BCUT2D eigenvalue weighted by atomic mass is 79.9. The zero-order valence-electron chi connectivity index (χ0n) is 9.19. The van der Waals surface area contributed by atoms with Crippen LogP contribution in [-0.4, -0.2) is 5.91 Å². The van der Waals surface area contributed by atoms with Gasteiger partial charge in [-0.15, -0.1) is 11.3 Å². The van der Waals surface area contributed by atoms with Gasteiger partial charge in [-0.3, -0.25) is 4.79 Å². The topological polar surface area (TPSA) is 55.1 Å². The van der Waals surface area contributed by atoms with E-state index in [0.29, 0.717) is 10.7 Å². The summed E-state index contributed by atoms with van der Waals surface area (Å²) in [4.78, 5) is 12.8. The molecule has 94 valence electrons. The molecule has 6 heteroatoms. The lowest BCUT2D eigenvalue weighted by atomic mass is 10.2. The maximum absolute atomic E-state index is 11.9. The standard InChI is InChI=1S/C12H10BrClN2OS/c13-8-6-7(3-4-9(8)14)16-12(17)11(15)10-2-1-5-18-10/h1-6,11H,15H2,(H,16,17). The average molecular weight is 346 g/mol. The Kier molecular flexibility index (Phi) is 4.40. The number of hydrogen-bond donors (Lipinski definition) is 2. The second kappa shape index (κ2) is 5.84. The molecule has 3 nitrogen and oxygen atoms in total. The molecule has 2 rings (SSSR count). The fourth-order valence-electron chi connectivity index (χ4n) is 1.39. The predicted octanol–water partition coefficient (Wildman–Crippen LogP) is 3.80. The number of halogens is 2. The number of rotatable bonds is 3. The molecule has 18 heavy (non-hydrogen) atoms. The first kappa shape index (κ1) is 13.5. The van der Waals surface area contributed by atoms with Gasteiger partial charge in [-0.05, 0) is 45.6 Å². The highest BCUT2D eigenvalue weighted by Gasteiger charge is 2.16. The second-order valence-electron chi connectivity index (χ2n) is 3.61. The van der Waals surface area contributed by atoms with Crippen LogP contribution in [0.5, 0.6) is 0 Å². The molecule has 1 unspecified atom stereocenters. The van der Waals surface area contributed by atoms with Crippen LogP contribution in [0.1, 0.15) is 10.9 Å².